The average molecular weight is 102 g/mol. The molecule has 7 heavy (non-hydrogen) atoms. The fourth-order valence-electron chi connectivity index (χ4n) is 0.788. The van der Waals surface area contributed by atoms with Crippen molar-refractivity contribution >= 4 is 0 Å². The highest BCUT2D eigenvalue weighted by Crippen LogP contribution is 2.21. The van der Waals surface area contributed by atoms with E-state index in [0.717, 1.165) is 6.42 Å². The third kappa shape index (κ3) is 1.50. The summed E-state index contributed by atoms with van der Waals surface area (Å²) >= 11 is 0. The Morgan fingerprint density at radius 2 is 2.57 bits per heavy atom. The Morgan fingerprint density at radius 3 is 3.14 bits per heavy atom. The van der Waals surface area contributed by atoms with Gasteiger partial charge in [-0.25, -0.2) is 0 Å². The first-order chi connectivity index (χ1) is 4.88. The molecule has 1 saturated carbocycles. The highest BCUT2D eigenvalue weighted by molar-refractivity contribution is 4.59. The quantitative estimate of drug-likeness (QED) is 0.441. The van der Waals surface area contributed by atoms with Crippen molar-refractivity contribution in [3.63, 3.8) is 0 Å². The van der Waals surface area contributed by atoms with Crippen molar-refractivity contribution in [2.45, 2.75) is 39.0 Å². The SMILES string of the molecule is [2H]C1CCCC([2H])(C)C1([2H])[2H]. The second kappa shape index (κ2) is 2.34. The van der Waals surface area contributed by atoms with Crippen LogP contribution in [0.2, 0.25) is 0 Å². The maximum Gasteiger partial charge on any atom is 0.0300 e. The fourth-order valence-corrected chi connectivity index (χ4v) is 0.788. The van der Waals surface area contributed by atoms with E-state index in [2.05, 4.69) is 0 Å². The summed E-state index contributed by atoms with van der Waals surface area (Å²) in [6.45, 7) is 1.59. The number of hydrogen-bond donors (Lipinski definition) is 0. The van der Waals surface area contributed by atoms with E-state index in [1.165, 1.54) is 0 Å². The minimum atomic E-state index is -1.63. The van der Waals surface area contributed by atoms with Gasteiger partial charge < -0.3 is 0 Å². The van der Waals surface area contributed by atoms with Crippen LogP contribution in [0.4, 0.5) is 0 Å². The van der Waals surface area contributed by atoms with Crippen molar-refractivity contribution in [2.24, 2.45) is 5.89 Å². The van der Waals surface area contributed by atoms with Crippen LogP contribution in [-0.4, -0.2) is 0 Å². The molecule has 1 rings (SSSR count). The van der Waals surface area contributed by atoms with Crippen LogP contribution in [0.15, 0.2) is 0 Å². The van der Waals surface area contributed by atoms with Crippen LogP contribution in [-0.2, 0) is 0 Å². The first-order valence-corrected chi connectivity index (χ1v) is 2.80. The van der Waals surface area contributed by atoms with Gasteiger partial charge in [0.25, 0.3) is 0 Å². The van der Waals surface area contributed by atoms with Crippen LogP contribution in [0.3, 0.4) is 0 Å². The van der Waals surface area contributed by atoms with Crippen LogP contribution in [0.1, 0.15) is 44.4 Å². The van der Waals surface area contributed by atoms with E-state index in [1.54, 1.807) is 6.92 Å². The Bertz CT molecular complexity index is 153. The van der Waals surface area contributed by atoms with E-state index in [0.29, 0.717) is 12.8 Å². The van der Waals surface area contributed by atoms with Crippen LogP contribution in [0, 0.1) is 5.89 Å². The van der Waals surface area contributed by atoms with E-state index in [9.17, 15) is 0 Å². The zero-order valence-electron chi connectivity index (χ0n) is 8.70. The van der Waals surface area contributed by atoms with Crippen LogP contribution in [0.25, 0.3) is 0 Å². The van der Waals surface area contributed by atoms with Crippen molar-refractivity contribution in [3.8, 4) is 0 Å². The van der Waals surface area contributed by atoms with Gasteiger partial charge in [0.15, 0.2) is 0 Å². The highest BCUT2D eigenvalue weighted by atomic mass is 14.1. The predicted molar refractivity (Wildman–Crippen MR) is 32.2 cm³/mol. The van der Waals surface area contributed by atoms with Gasteiger partial charge in [-0.3, -0.25) is 0 Å². The molecular weight excluding hydrogens is 84.1 g/mol. The zero-order chi connectivity index (χ0) is 8.70. The summed E-state index contributed by atoms with van der Waals surface area (Å²) in [5.41, 5.74) is 0. The highest BCUT2D eigenvalue weighted by Gasteiger charge is 2.05. The normalized spacial score (nSPS) is 69.6. The van der Waals surface area contributed by atoms with E-state index in [-0.39, 0.29) is 0 Å². The number of rotatable bonds is 0. The molecule has 0 aromatic carbocycles. The molecule has 0 nitrogen and oxygen atoms in total. The molecule has 0 aromatic heterocycles. The van der Waals surface area contributed by atoms with Gasteiger partial charge >= 0.3 is 0 Å². The van der Waals surface area contributed by atoms with E-state index in [1.807, 2.05) is 0 Å². The maximum atomic E-state index is 7.66. The molecular formula is C7H14. The third-order valence-electron chi connectivity index (χ3n) is 1.25. The van der Waals surface area contributed by atoms with Gasteiger partial charge in [-0.05, 0) is 5.89 Å². The second-order valence-electron chi connectivity index (χ2n) is 2.02. The summed E-state index contributed by atoms with van der Waals surface area (Å²) in [4.78, 5) is 0. The van der Waals surface area contributed by atoms with E-state index < -0.39 is 18.7 Å². The Kier molecular flexibility index (Phi) is 0.697. The van der Waals surface area contributed by atoms with Gasteiger partial charge in [0.2, 0.25) is 0 Å². The lowest BCUT2D eigenvalue weighted by Crippen LogP contribution is -1.99. The van der Waals surface area contributed by atoms with Crippen molar-refractivity contribution in [1.29, 1.82) is 0 Å². The summed E-state index contributed by atoms with van der Waals surface area (Å²) < 4.78 is 30.2. The molecule has 1 aliphatic rings. The molecule has 0 aromatic rings. The minimum absolute atomic E-state index is 0.579. The predicted octanol–water partition coefficient (Wildman–Crippen LogP) is 2.59. The second-order valence-corrected chi connectivity index (χ2v) is 2.02. The standard InChI is InChI=1S/C7H14/c1-7-5-3-2-4-6-7/h7H,2-6H2,1H3/i3D,5D2,7D. The molecule has 0 bridgehead atoms. The summed E-state index contributed by atoms with van der Waals surface area (Å²) in [5, 5.41) is 0. The van der Waals surface area contributed by atoms with Gasteiger partial charge in [0.1, 0.15) is 0 Å². The molecule has 0 heteroatoms. The Labute approximate surface area is 51.5 Å². The molecule has 0 aliphatic heterocycles. The topological polar surface area (TPSA) is 0 Å². The maximum absolute atomic E-state index is 7.66. The molecule has 0 saturated heterocycles. The Morgan fingerprint density at radius 1 is 1.71 bits per heavy atom. The van der Waals surface area contributed by atoms with Gasteiger partial charge in [-0.1, -0.05) is 39.0 Å². The molecule has 0 heterocycles. The summed E-state index contributed by atoms with van der Waals surface area (Å²) in [7, 11) is 0. The van der Waals surface area contributed by atoms with Crippen LogP contribution >= 0.6 is 0 Å². The summed E-state index contributed by atoms with van der Waals surface area (Å²) in [5.74, 6) is -1.06. The van der Waals surface area contributed by atoms with Crippen molar-refractivity contribution in [3.05, 3.63) is 0 Å². The molecule has 42 valence electrons. The largest absolute Gasteiger partial charge is 0.0625 e. The van der Waals surface area contributed by atoms with Gasteiger partial charge in [0.05, 0.1) is 0 Å². The smallest absolute Gasteiger partial charge is 0.0300 e. The van der Waals surface area contributed by atoms with Gasteiger partial charge in [-0.2, -0.15) is 0 Å². The Balaban J connectivity index is 2.82. The van der Waals surface area contributed by atoms with Gasteiger partial charge in [-0.15, -0.1) is 0 Å². The Hall–Kier alpha value is 0. The molecule has 0 spiro atoms. The number of hydrogen-bond acceptors (Lipinski definition) is 0. The van der Waals surface area contributed by atoms with Crippen molar-refractivity contribution in [2.75, 3.05) is 0 Å². The van der Waals surface area contributed by atoms with Gasteiger partial charge in [0, 0.05) is 5.48 Å². The van der Waals surface area contributed by atoms with Crippen LogP contribution < -0.4 is 0 Å². The average Bonchev–Trinajstić information content (AvgIpc) is 1.84. The lowest BCUT2D eigenvalue weighted by atomic mass is 9.91. The lowest BCUT2D eigenvalue weighted by molar-refractivity contribution is 0.385. The lowest BCUT2D eigenvalue weighted by Gasteiger charge is -2.15. The molecule has 0 amide bonds. The first kappa shape index (κ1) is 2.08. The molecule has 2 unspecified atom stereocenters. The first-order valence-electron chi connectivity index (χ1n) is 4.88. The molecule has 1 fully saturated rings. The van der Waals surface area contributed by atoms with Crippen LogP contribution in [0.5, 0.6) is 0 Å². The third-order valence-corrected chi connectivity index (χ3v) is 1.25. The molecule has 1 aliphatic carbocycles. The monoisotopic (exact) mass is 102 g/mol. The fraction of sp³-hybridized carbons (Fsp3) is 1.00. The summed E-state index contributed by atoms with van der Waals surface area (Å²) in [6, 6.07) is 0. The summed E-state index contributed by atoms with van der Waals surface area (Å²) in [6.07, 6.45) is -0.353. The zero-order valence-corrected chi connectivity index (χ0v) is 4.70. The molecule has 0 N–H and O–H groups in total. The van der Waals surface area contributed by atoms with E-state index >= 15 is 0 Å². The molecule has 0 radical (unpaired) electrons. The van der Waals surface area contributed by atoms with Crippen molar-refractivity contribution < 1.29 is 5.48 Å². The minimum Gasteiger partial charge on any atom is -0.0625 e. The molecule has 2 atom stereocenters. The van der Waals surface area contributed by atoms with E-state index in [4.69, 9.17) is 5.48 Å². The van der Waals surface area contributed by atoms with Crippen molar-refractivity contribution in [1.82, 2.24) is 0 Å².